The Bertz CT molecular complexity index is 1260. The average Bonchev–Trinajstić information content (AvgIpc) is 3.24. The lowest BCUT2D eigenvalue weighted by Gasteiger charge is -2.29. The second-order valence-corrected chi connectivity index (χ2v) is 7.97. The largest absolute Gasteiger partial charge is 0.371 e. The zero-order chi connectivity index (χ0) is 21.9. The number of anilines is 3. The Morgan fingerprint density at radius 3 is 2.69 bits per heavy atom. The number of nitrogens with one attached hydrogen (secondary N) is 2. The molecule has 32 heavy (non-hydrogen) atoms. The molecule has 1 saturated heterocycles. The first-order valence-corrected chi connectivity index (χ1v) is 11.0. The molecule has 2 N–H and O–H groups in total. The van der Waals surface area contributed by atoms with Crippen molar-refractivity contribution in [2.75, 3.05) is 30.4 Å². The molecular formula is C25H26N6O. The highest BCUT2D eigenvalue weighted by Gasteiger charge is 2.16. The topological polar surface area (TPSA) is 75.1 Å². The number of benzene rings is 2. The highest BCUT2D eigenvalue weighted by molar-refractivity contribution is 6.07. The molecule has 3 heterocycles. The maximum absolute atomic E-state index is 12.4. The molecule has 0 unspecified atom stereocenters. The third-order valence-corrected chi connectivity index (χ3v) is 5.89. The Balaban J connectivity index is 1.46. The van der Waals surface area contributed by atoms with E-state index >= 15 is 0 Å². The van der Waals surface area contributed by atoms with Crippen LogP contribution in [0.1, 0.15) is 29.6 Å². The van der Waals surface area contributed by atoms with Gasteiger partial charge in [0.2, 0.25) is 5.95 Å². The Kier molecular flexibility index (Phi) is 5.46. The summed E-state index contributed by atoms with van der Waals surface area (Å²) in [4.78, 5) is 23.9. The summed E-state index contributed by atoms with van der Waals surface area (Å²) in [6, 6.07) is 18.1. The van der Waals surface area contributed by atoms with Crippen LogP contribution in [0.25, 0.3) is 16.7 Å². The lowest BCUT2D eigenvalue weighted by molar-refractivity contribution is 0.0964. The standard InChI is InChI=1S/C25H26N6O/c1-26-24(32)21-17-31(22-11-4-3-10-20(21)22)23-12-13-27-25(29-23)28-18-8-7-9-19(16-18)30-14-5-2-6-15-30/h3-4,7-13,16-17H,2,5-6,14-15H2,1H3,(H,26,32)(H,27,28,29). The Labute approximate surface area is 187 Å². The SMILES string of the molecule is CNC(=O)c1cn(-c2ccnc(Nc3cccc(N4CCCCC4)c3)n2)c2ccccc12. The van der Waals surface area contributed by atoms with Gasteiger partial charge >= 0.3 is 0 Å². The molecule has 0 bridgehead atoms. The highest BCUT2D eigenvalue weighted by Crippen LogP contribution is 2.26. The fourth-order valence-electron chi connectivity index (χ4n) is 4.29. The third-order valence-electron chi connectivity index (χ3n) is 5.89. The van der Waals surface area contributed by atoms with Crippen molar-refractivity contribution >= 4 is 34.1 Å². The minimum Gasteiger partial charge on any atom is -0.371 e. The lowest BCUT2D eigenvalue weighted by atomic mass is 10.1. The van der Waals surface area contributed by atoms with E-state index in [0.29, 0.717) is 17.3 Å². The maximum Gasteiger partial charge on any atom is 0.253 e. The number of hydrogen-bond donors (Lipinski definition) is 2. The predicted molar refractivity (Wildman–Crippen MR) is 128 cm³/mol. The van der Waals surface area contributed by atoms with Crippen LogP contribution in [0.5, 0.6) is 0 Å². The molecule has 7 nitrogen and oxygen atoms in total. The van der Waals surface area contributed by atoms with Gasteiger partial charge in [-0.25, -0.2) is 4.98 Å². The summed E-state index contributed by atoms with van der Waals surface area (Å²) in [5.74, 6) is 1.08. The molecule has 0 radical (unpaired) electrons. The summed E-state index contributed by atoms with van der Waals surface area (Å²) in [6.45, 7) is 2.20. The van der Waals surface area contributed by atoms with Crippen LogP contribution in [0, 0.1) is 0 Å². The van der Waals surface area contributed by atoms with Crippen LogP contribution < -0.4 is 15.5 Å². The van der Waals surface area contributed by atoms with E-state index in [4.69, 9.17) is 4.98 Å². The van der Waals surface area contributed by atoms with Crippen molar-refractivity contribution in [3.63, 3.8) is 0 Å². The first-order chi connectivity index (χ1) is 15.7. The predicted octanol–water partition coefficient (Wildman–Crippen LogP) is 4.51. The number of hydrogen-bond acceptors (Lipinski definition) is 5. The van der Waals surface area contributed by atoms with Crippen LogP contribution in [0.2, 0.25) is 0 Å². The van der Waals surface area contributed by atoms with Crippen molar-refractivity contribution in [3.05, 3.63) is 72.6 Å². The van der Waals surface area contributed by atoms with Crippen LogP contribution in [0.3, 0.4) is 0 Å². The van der Waals surface area contributed by atoms with Crippen LogP contribution in [0.4, 0.5) is 17.3 Å². The van der Waals surface area contributed by atoms with Gasteiger partial charge < -0.3 is 20.1 Å². The number of para-hydroxylation sites is 1. The number of piperidine rings is 1. The summed E-state index contributed by atoms with van der Waals surface area (Å²) in [6.07, 6.45) is 7.35. The van der Waals surface area contributed by atoms with E-state index in [0.717, 1.165) is 29.7 Å². The number of rotatable bonds is 5. The van der Waals surface area contributed by atoms with Gasteiger partial charge in [-0.15, -0.1) is 0 Å². The number of aromatic nitrogens is 3. The van der Waals surface area contributed by atoms with Crippen molar-refractivity contribution in [3.8, 4) is 5.82 Å². The van der Waals surface area contributed by atoms with Crippen molar-refractivity contribution in [1.29, 1.82) is 0 Å². The summed E-state index contributed by atoms with van der Waals surface area (Å²) >= 11 is 0. The van der Waals surface area contributed by atoms with Gasteiger partial charge in [0.15, 0.2) is 0 Å². The second-order valence-electron chi connectivity index (χ2n) is 7.97. The first-order valence-electron chi connectivity index (χ1n) is 11.0. The van der Waals surface area contributed by atoms with Gasteiger partial charge in [0.1, 0.15) is 5.82 Å². The van der Waals surface area contributed by atoms with Crippen molar-refractivity contribution in [2.45, 2.75) is 19.3 Å². The molecule has 1 fully saturated rings. The van der Waals surface area contributed by atoms with E-state index in [9.17, 15) is 4.79 Å². The Morgan fingerprint density at radius 2 is 1.84 bits per heavy atom. The summed E-state index contributed by atoms with van der Waals surface area (Å²) in [5.41, 5.74) is 3.71. The van der Waals surface area contributed by atoms with Gasteiger partial charge in [-0.2, -0.15) is 4.98 Å². The molecule has 1 aliphatic heterocycles. The van der Waals surface area contributed by atoms with E-state index in [1.165, 1.54) is 24.9 Å². The smallest absolute Gasteiger partial charge is 0.253 e. The number of carbonyl (C=O) groups is 1. The van der Waals surface area contributed by atoms with Crippen LogP contribution in [0.15, 0.2) is 67.0 Å². The zero-order valence-corrected chi connectivity index (χ0v) is 18.1. The first kappa shape index (κ1) is 20.1. The maximum atomic E-state index is 12.4. The molecule has 2 aromatic carbocycles. The van der Waals surface area contributed by atoms with Gasteiger partial charge in [-0.05, 0) is 49.6 Å². The van der Waals surface area contributed by atoms with Gasteiger partial charge in [0.05, 0.1) is 11.1 Å². The van der Waals surface area contributed by atoms with Crippen molar-refractivity contribution in [2.24, 2.45) is 0 Å². The van der Waals surface area contributed by atoms with Crippen molar-refractivity contribution in [1.82, 2.24) is 19.9 Å². The molecule has 4 aromatic rings. The second kappa shape index (κ2) is 8.70. The molecule has 0 spiro atoms. The molecule has 162 valence electrons. The summed E-state index contributed by atoms with van der Waals surface area (Å²) in [5, 5.41) is 6.94. The van der Waals surface area contributed by atoms with E-state index < -0.39 is 0 Å². The van der Waals surface area contributed by atoms with E-state index in [-0.39, 0.29) is 5.91 Å². The molecule has 7 heteroatoms. The molecular weight excluding hydrogens is 400 g/mol. The van der Waals surface area contributed by atoms with E-state index in [2.05, 4.69) is 38.7 Å². The molecule has 0 saturated carbocycles. The minimum atomic E-state index is -0.123. The molecule has 1 amide bonds. The lowest BCUT2D eigenvalue weighted by Crippen LogP contribution is -2.29. The van der Waals surface area contributed by atoms with E-state index in [1.54, 1.807) is 13.2 Å². The summed E-state index contributed by atoms with van der Waals surface area (Å²) < 4.78 is 1.93. The molecule has 0 atom stereocenters. The average molecular weight is 427 g/mol. The van der Waals surface area contributed by atoms with Crippen molar-refractivity contribution < 1.29 is 4.79 Å². The van der Waals surface area contributed by atoms with Gasteiger partial charge in [0.25, 0.3) is 5.91 Å². The Morgan fingerprint density at radius 1 is 1.00 bits per heavy atom. The third kappa shape index (κ3) is 3.89. The van der Waals surface area contributed by atoms with Gasteiger partial charge in [0, 0.05) is 49.3 Å². The summed E-state index contributed by atoms with van der Waals surface area (Å²) in [7, 11) is 1.64. The molecule has 0 aliphatic carbocycles. The Hall–Kier alpha value is -3.87. The fraction of sp³-hybridized carbons (Fsp3) is 0.240. The van der Waals surface area contributed by atoms with Gasteiger partial charge in [-0.1, -0.05) is 24.3 Å². The molecule has 5 rings (SSSR count). The monoisotopic (exact) mass is 426 g/mol. The van der Waals surface area contributed by atoms with Crippen LogP contribution >= 0.6 is 0 Å². The highest BCUT2D eigenvalue weighted by atomic mass is 16.1. The number of amides is 1. The van der Waals surface area contributed by atoms with Crippen LogP contribution in [-0.4, -0.2) is 40.6 Å². The van der Waals surface area contributed by atoms with Crippen LogP contribution in [-0.2, 0) is 0 Å². The van der Waals surface area contributed by atoms with Gasteiger partial charge in [-0.3, -0.25) is 4.79 Å². The fourth-order valence-corrected chi connectivity index (χ4v) is 4.29. The normalized spacial score (nSPS) is 13.8. The minimum absolute atomic E-state index is 0.123. The number of carbonyl (C=O) groups excluding carboxylic acids is 1. The molecule has 1 aliphatic rings. The van der Waals surface area contributed by atoms with E-state index in [1.807, 2.05) is 47.2 Å². The number of nitrogens with zero attached hydrogens (tertiary/aromatic N) is 4. The zero-order valence-electron chi connectivity index (χ0n) is 18.1. The number of fused-ring (bicyclic) bond motifs is 1. The quantitative estimate of drug-likeness (QED) is 0.491. The molecule has 2 aromatic heterocycles.